The monoisotopic (exact) mass is 671 g/mol. The molecule has 4 aromatic rings. The van der Waals surface area contributed by atoms with Gasteiger partial charge in [-0.3, -0.25) is 10.00 Å². The maximum atomic E-state index is 14.0. The fourth-order valence-corrected chi connectivity index (χ4v) is 5.98. The number of amides is 2. The molecular weight excluding hydrogens is 634 g/mol. The van der Waals surface area contributed by atoms with Crippen LogP contribution < -0.4 is 15.4 Å². The number of aromatic nitrogens is 5. The smallest absolute Gasteiger partial charge is 0.342 e. The summed E-state index contributed by atoms with van der Waals surface area (Å²) < 4.78 is 19.3. The summed E-state index contributed by atoms with van der Waals surface area (Å²) in [5.74, 6) is 0.288. The Morgan fingerprint density at radius 2 is 1.62 bits per heavy atom. The molecule has 0 unspecified atom stereocenters. The van der Waals surface area contributed by atoms with Crippen LogP contribution in [0.3, 0.4) is 0 Å². The van der Waals surface area contributed by atoms with Crippen LogP contribution in [0.2, 0.25) is 0 Å². The average Bonchev–Trinajstić information content (AvgIpc) is 4.01. The summed E-state index contributed by atoms with van der Waals surface area (Å²) in [7, 11) is 1.82. The molecule has 7 rings (SSSR count). The van der Waals surface area contributed by atoms with Crippen molar-refractivity contribution in [3.8, 4) is 38.8 Å². The molecule has 4 aromatic heterocycles. The van der Waals surface area contributed by atoms with Crippen LogP contribution in [0, 0.1) is 17.8 Å². The predicted octanol–water partition coefficient (Wildman–Crippen LogP) is 5.73. The van der Waals surface area contributed by atoms with Crippen LogP contribution in [0.25, 0.3) is 33.0 Å². The molecule has 0 spiro atoms. The highest BCUT2D eigenvalue weighted by molar-refractivity contribution is 7.13. The van der Waals surface area contributed by atoms with Crippen LogP contribution >= 0.6 is 11.3 Å². The number of nitrogens with zero attached hydrogens (tertiary/aromatic N) is 5. The van der Waals surface area contributed by atoms with Gasteiger partial charge in [-0.1, -0.05) is 0 Å². The van der Waals surface area contributed by atoms with Crippen LogP contribution in [0.5, 0.6) is 5.88 Å². The minimum absolute atomic E-state index is 0.0204. The number of pyridine rings is 2. The second-order valence-electron chi connectivity index (χ2n) is 12.6. The SMILES string of the molecule is CCNC(=O)Nc1ncc(-c2cc(C(=O)OCC3CC3)cnc2OCC2CC2)c(-c2nc(-c3cnn(C)c3)cs2)c1C(=O)OCC1CC1. The Kier molecular flexibility index (Phi) is 9.06. The van der Waals surface area contributed by atoms with E-state index in [0.717, 1.165) is 44.1 Å². The van der Waals surface area contributed by atoms with Crippen molar-refractivity contribution >= 4 is 35.1 Å². The molecule has 2 N–H and O–H groups in total. The summed E-state index contributed by atoms with van der Waals surface area (Å²) in [4.78, 5) is 54.1. The van der Waals surface area contributed by atoms with Gasteiger partial charge in [0.15, 0.2) is 0 Å². The fraction of sp³-hybridized carbons (Fsp3) is 0.441. The normalized spacial score (nSPS) is 15.5. The zero-order chi connectivity index (χ0) is 33.2. The summed E-state index contributed by atoms with van der Waals surface area (Å²) in [6.45, 7) is 3.23. The minimum atomic E-state index is -0.649. The second kappa shape index (κ2) is 13.7. The number of thiazole rings is 1. The molecule has 48 heavy (non-hydrogen) atoms. The third kappa shape index (κ3) is 7.48. The van der Waals surface area contributed by atoms with Crippen LogP contribution in [0.1, 0.15) is 66.2 Å². The van der Waals surface area contributed by atoms with Crippen LogP contribution in [0.15, 0.2) is 36.2 Å². The van der Waals surface area contributed by atoms with Crippen molar-refractivity contribution in [2.45, 2.75) is 45.4 Å². The molecule has 14 heteroatoms. The van der Waals surface area contributed by atoms with E-state index in [1.807, 2.05) is 18.6 Å². The van der Waals surface area contributed by atoms with Gasteiger partial charge in [0, 0.05) is 59.8 Å². The Hall–Kier alpha value is -4.85. The topological polar surface area (TPSA) is 159 Å². The van der Waals surface area contributed by atoms with E-state index in [9.17, 15) is 14.4 Å². The summed E-state index contributed by atoms with van der Waals surface area (Å²) in [5.41, 5.74) is 3.00. The van der Waals surface area contributed by atoms with E-state index in [1.54, 1.807) is 30.1 Å². The molecule has 3 fully saturated rings. The van der Waals surface area contributed by atoms with Gasteiger partial charge >= 0.3 is 18.0 Å². The highest BCUT2D eigenvalue weighted by atomic mass is 32.1. The van der Waals surface area contributed by atoms with Gasteiger partial charge in [-0.05, 0) is 69.3 Å². The predicted molar refractivity (Wildman–Crippen MR) is 178 cm³/mol. The van der Waals surface area contributed by atoms with E-state index in [-0.39, 0.29) is 29.4 Å². The lowest BCUT2D eigenvalue weighted by Crippen LogP contribution is -2.30. The molecular formula is C34H37N7O6S. The highest BCUT2D eigenvalue weighted by Crippen LogP contribution is 2.44. The Bertz CT molecular complexity index is 1840. The van der Waals surface area contributed by atoms with Crippen LogP contribution in [0.4, 0.5) is 10.6 Å². The number of hydrogen-bond acceptors (Lipinski definition) is 11. The molecule has 3 aliphatic carbocycles. The first-order valence-electron chi connectivity index (χ1n) is 16.4. The first-order chi connectivity index (χ1) is 23.4. The molecule has 2 amide bonds. The number of anilines is 1. The molecule has 0 aliphatic heterocycles. The van der Waals surface area contributed by atoms with Gasteiger partial charge in [0.05, 0.1) is 37.3 Å². The third-order valence-electron chi connectivity index (χ3n) is 8.39. The summed E-state index contributed by atoms with van der Waals surface area (Å²) in [5, 5.41) is 12.1. The van der Waals surface area contributed by atoms with E-state index < -0.39 is 18.0 Å². The van der Waals surface area contributed by atoms with Crippen molar-refractivity contribution in [1.82, 2.24) is 30.0 Å². The maximum Gasteiger partial charge on any atom is 0.342 e. The van der Waals surface area contributed by atoms with Crippen molar-refractivity contribution < 1.29 is 28.6 Å². The number of rotatable bonds is 14. The maximum absolute atomic E-state index is 14.0. The number of nitrogens with one attached hydrogen (secondary N) is 2. The summed E-state index contributed by atoms with van der Waals surface area (Å²) in [6.07, 6.45) is 12.8. The molecule has 3 aliphatic rings. The molecule has 0 radical (unpaired) electrons. The van der Waals surface area contributed by atoms with E-state index in [0.29, 0.717) is 64.9 Å². The summed E-state index contributed by atoms with van der Waals surface area (Å²) >= 11 is 1.32. The van der Waals surface area contributed by atoms with Crippen LogP contribution in [-0.4, -0.2) is 69.1 Å². The van der Waals surface area contributed by atoms with Crippen LogP contribution in [-0.2, 0) is 16.5 Å². The molecule has 0 atom stereocenters. The first kappa shape index (κ1) is 31.7. The lowest BCUT2D eigenvalue weighted by atomic mass is 9.97. The minimum Gasteiger partial charge on any atom is -0.477 e. The van der Waals surface area contributed by atoms with Gasteiger partial charge < -0.3 is 19.5 Å². The van der Waals surface area contributed by atoms with Crippen molar-refractivity contribution in [3.05, 3.63) is 47.4 Å². The fourth-order valence-electron chi connectivity index (χ4n) is 5.08. The Balaban J connectivity index is 1.39. The number of hydrogen-bond donors (Lipinski definition) is 2. The molecule has 250 valence electrons. The molecule has 4 heterocycles. The Morgan fingerprint density at radius 1 is 0.917 bits per heavy atom. The van der Waals surface area contributed by atoms with Gasteiger partial charge in [-0.25, -0.2) is 29.3 Å². The number of carbonyl (C=O) groups excluding carboxylic acids is 3. The molecule has 0 aromatic carbocycles. The van der Waals surface area contributed by atoms with Crippen molar-refractivity contribution in [1.29, 1.82) is 0 Å². The van der Waals surface area contributed by atoms with E-state index in [1.165, 1.54) is 17.5 Å². The van der Waals surface area contributed by atoms with Crippen molar-refractivity contribution in [3.63, 3.8) is 0 Å². The van der Waals surface area contributed by atoms with Gasteiger partial charge in [0.2, 0.25) is 5.88 Å². The lowest BCUT2D eigenvalue weighted by Gasteiger charge is -2.19. The molecule has 3 saturated carbocycles. The average molecular weight is 672 g/mol. The number of carbonyl (C=O) groups is 3. The number of esters is 2. The van der Waals surface area contributed by atoms with Gasteiger partial charge in [-0.2, -0.15) is 5.10 Å². The lowest BCUT2D eigenvalue weighted by molar-refractivity contribution is 0.0477. The number of aryl methyl sites for hydroxylation is 1. The summed E-state index contributed by atoms with van der Waals surface area (Å²) in [6, 6.07) is 1.14. The zero-order valence-corrected chi connectivity index (χ0v) is 27.7. The zero-order valence-electron chi connectivity index (χ0n) is 26.9. The molecule has 13 nitrogen and oxygen atoms in total. The van der Waals surface area contributed by atoms with Gasteiger partial charge in [0.1, 0.15) is 16.4 Å². The van der Waals surface area contributed by atoms with Gasteiger partial charge in [-0.15, -0.1) is 11.3 Å². The molecule has 0 bridgehead atoms. The van der Waals surface area contributed by atoms with E-state index in [2.05, 4.69) is 25.7 Å². The van der Waals surface area contributed by atoms with Crippen molar-refractivity contribution in [2.75, 3.05) is 31.7 Å². The Labute approximate surface area is 281 Å². The van der Waals surface area contributed by atoms with E-state index >= 15 is 0 Å². The molecule has 0 saturated heterocycles. The Morgan fingerprint density at radius 3 is 2.29 bits per heavy atom. The quantitative estimate of drug-likeness (QED) is 0.159. The van der Waals surface area contributed by atoms with Gasteiger partial charge in [0.25, 0.3) is 0 Å². The van der Waals surface area contributed by atoms with Crippen molar-refractivity contribution in [2.24, 2.45) is 24.8 Å². The first-order valence-corrected chi connectivity index (χ1v) is 17.2. The number of urea groups is 1. The third-order valence-corrected chi connectivity index (χ3v) is 9.25. The second-order valence-corrected chi connectivity index (χ2v) is 13.5. The highest BCUT2D eigenvalue weighted by Gasteiger charge is 2.32. The standard InChI is InChI=1S/C34H37N7O6S/c1-3-35-34(44)40-29-28(33(43)47-17-21-8-9-21)27(31-39-26(18-48-31)23-12-38-41(2)14-23)25(13-36-29)24-10-22(32(42)46-16-20-6-7-20)11-37-30(24)45-15-19-4-5-19/h10-14,18-21H,3-9,15-17H2,1-2H3,(H2,35,36,40,44). The van der Waals surface area contributed by atoms with E-state index in [4.69, 9.17) is 19.2 Å². The number of ether oxygens (including phenoxy) is 3. The largest absolute Gasteiger partial charge is 0.477 e.